The maximum atomic E-state index is 12.8. The van der Waals surface area contributed by atoms with E-state index in [9.17, 15) is 9.59 Å². The van der Waals surface area contributed by atoms with Crippen LogP contribution in [0.5, 0.6) is 0 Å². The summed E-state index contributed by atoms with van der Waals surface area (Å²) in [5.74, 6) is 2.03. The molecule has 4 aliphatic rings. The summed E-state index contributed by atoms with van der Waals surface area (Å²) in [4.78, 5) is 25.0. The van der Waals surface area contributed by atoms with Crippen LogP contribution in [0.4, 0.5) is 0 Å². The lowest BCUT2D eigenvalue weighted by Gasteiger charge is -2.55. The highest BCUT2D eigenvalue weighted by Crippen LogP contribution is 2.60. The van der Waals surface area contributed by atoms with Gasteiger partial charge in [0.15, 0.2) is 0 Å². The maximum absolute atomic E-state index is 12.8. The third-order valence-electron chi connectivity index (χ3n) is 6.42. The predicted octanol–water partition coefficient (Wildman–Crippen LogP) is 3.94. The molecule has 4 fully saturated rings. The van der Waals surface area contributed by atoms with Crippen LogP contribution in [0.3, 0.4) is 0 Å². The van der Waals surface area contributed by atoms with Crippen LogP contribution < -0.4 is 10.6 Å². The van der Waals surface area contributed by atoms with E-state index in [0.717, 1.165) is 24.8 Å². The summed E-state index contributed by atoms with van der Waals surface area (Å²) < 4.78 is 0. The number of nitrogens with one attached hydrogen (secondary N) is 2. The van der Waals surface area contributed by atoms with Crippen molar-refractivity contribution in [2.45, 2.75) is 45.1 Å². The first-order chi connectivity index (χ1) is 12.4. The van der Waals surface area contributed by atoms with E-state index in [-0.39, 0.29) is 23.8 Å². The van der Waals surface area contributed by atoms with E-state index < -0.39 is 0 Å². The van der Waals surface area contributed by atoms with Gasteiger partial charge in [0.1, 0.15) is 0 Å². The first kappa shape index (κ1) is 18.1. The fourth-order valence-electron chi connectivity index (χ4n) is 5.66. The average Bonchev–Trinajstić information content (AvgIpc) is 2.57. The Morgan fingerprint density at radius 3 is 2.19 bits per heavy atom. The number of hydrogen-bond donors (Lipinski definition) is 2. The molecule has 0 heterocycles. The molecule has 0 aliphatic heterocycles. The Morgan fingerprint density at radius 1 is 1.00 bits per heavy atom. The number of rotatable bonds is 5. The molecular weight excluding hydrogens is 371 g/mol. The number of benzene rings is 1. The molecule has 1 aromatic rings. The Labute approximate surface area is 164 Å². The molecule has 0 radical (unpaired) electrons. The molecule has 4 aliphatic carbocycles. The highest BCUT2D eigenvalue weighted by molar-refractivity contribution is 6.35. The Bertz CT molecular complexity index is 699. The standard InChI is InChI=1S/C20H24Cl2N2O2/c21-16-2-1-15(17(22)6-16)10-23-18(25)11-24-19(26)20-7-12-3-13(8-20)5-14(4-12)9-20/h1-2,6,12-14H,3-5,7-11H2,(H,23,25)(H,24,26). The summed E-state index contributed by atoms with van der Waals surface area (Å²) in [5, 5.41) is 6.79. The molecule has 2 amide bonds. The molecule has 2 N–H and O–H groups in total. The van der Waals surface area contributed by atoms with Crippen LogP contribution >= 0.6 is 23.2 Å². The molecule has 4 nitrogen and oxygen atoms in total. The molecule has 0 aromatic heterocycles. The van der Waals surface area contributed by atoms with Gasteiger partial charge in [-0.25, -0.2) is 0 Å². The summed E-state index contributed by atoms with van der Waals surface area (Å²) in [5.41, 5.74) is 0.589. The van der Waals surface area contributed by atoms with Crippen molar-refractivity contribution in [2.24, 2.45) is 23.2 Å². The van der Waals surface area contributed by atoms with Crippen molar-refractivity contribution in [1.82, 2.24) is 10.6 Å². The van der Waals surface area contributed by atoms with Crippen LogP contribution in [0.25, 0.3) is 0 Å². The van der Waals surface area contributed by atoms with Crippen molar-refractivity contribution >= 4 is 35.0 Å². The van der Waals surface area contributed by atoms with E-state index in [1.807, 2.05) is 0 Å². The Morgan fingerprint density at radius 2 is 1.62 bits per heavy atom. The van der Waals surface area contributed by atoms with Crippen molar-refractivity contribution in [3.63, 3.8) is 0 Å². The molecule has 6 heteroatoms. The number of carbonyl (C=O) groups excluding carboxylic acids is 2. The Hall–Kier alpha value is -1.26. The first-order valence-corrected chi connectivity index (χ1v) is 10.2. The van der Waals surface area contributed by atoms with Gasteiger partial charge in [0.05, 0.1) is 6.54 Å². The zero-order chi connectivity index (χ0) is 18.3. The second kappa shape index (κ2) is 7.05. The fourth-order valence-corrected chi connectivity index (χ4v) is 6.13. The highest BCUT2D eigenvalue weighted by Gasteiger charge is 2.54. The Kier molecular flexibility index (Phi) is 4.91. The van der Waals surface area contributed by atoms with E-state index in [0.29, 0.717) is 34.3 Å². The van der Waals surface area contributed by atoms with E-state index >= 15 is 0 Å². The molecule has 0 saturated heterocycles. The van der Waals surface area contributed by atoms with Crippen LogP contribution in [0.2, 0.25) is 10.0 Å². The van der Waals surface area contributed by atoms with Gasteiger partial charge < -0.3 is 10.6 Å². The number of amides is 2. The minimum atomic E-state index is -0.214. The zero-order valence-electron chi connectivity index (χ0n) is 14.7. The molecule has 5 rings (SSSR count). The van der Waals surface area contributed by atoms with E-state index in [2.05, 4.69) is 10.6 Å². The largest absolute Gasteiger partial charge is 0.350 e. The molecule has 0 spiro atoms. The van der Waals surface area contributed by atoms with Gasteiger partial charge in [0.25, 0.3) is 0 Å². The van der Waals surface area contributed by atoms with Gasteiger partial charge in [-0.1, -0.05) is 29.3 Å². The average molecular weight is 395 g/mol. The molecule has 4 saturated carbocycles. The molecule has 26 heavy (non-hydrogen) atoms. The molecule has 140 valence electrons. The smallest absolute Gasteiger partial charge is 0.239 e. The molecule has 0 atom stereocenters. The van der Waals surface area contributed by atoms with Crippen LogP contribution in [0, 0.1) is 23.2 Å². The maximum Gasteiger partial charge on any atom is 0.239 e. The summed E-state index contributed by atoms with van der Waals surface area (Å²) in [6, 6.07) is 5.18. The van der Waals surface area contributed by atoms with E-state index in [1.54, 1.807) is 18.2 Å². The number of hydrogen-bond acceptors (Lipinski definition) is 2. The van der Waals surface area contributed by atoms with Gasteiger partial charge in [-0.15, -0.1) is 0 Å². The first-order valence-electron chi connectivity index (χ1n) is 9.42. The quantitative estimate of drug-likeness (QED) is 0.794. The normalized spacial score (nSPS) is 31.7. The van der Waals surface area contributed by atoms with Gasteiger partial charge in [0.2, 0.25) is 11.8 Å². The van der Waals surface area contributed by atoms with Crippen LogP contribution in [0.15, 0.2) is 18.2 Å². The van der Waals surface area contributed by atoms with E-state index in [1.165, 1.54) is 19.3 Å². The lowest BCUT2D eigenvalue weighted by molar-refractivity contribution is -0.147. The van der Waals surface area contributed by atoms with Crippen molar-refractivity contribution in [3.8, 4) is 0 Å². The minimum Gasteiger partial charge on any atom is -0.350 e. The van der Waals surface area contributed by atoms with Crippen LogP contribution in [-0.2, 0) is 16.1 Å². The summed E-state index contributed by atoms with van der Waals surface area (Å²) in [6.45, 7) is 0.341. The second-order valence-corrected chi connectivity index (χ2v) is 9.24. The molecule has 1 aromatic carbocycles. The topological polar surface area (TPSA) is 58.2 Å². The van der Waals surface area contributed by atoms with Gasteiger partial charge in [0, 0.05) is 22.0 Å². The monoisotopic (exact) mass is 394 g/mol. The SMILES string of the molecule is O=C(CNC(=O)C12CC3CC(CC(C3)C1)C2)NCc1ccc(Cl)cc1Cl. The summed E-state index contributed by atoms with van der Waals surface area (Å²) in [6.07, 6.45) is 6.92. The number of halogens is 2. The van der Waals surface area contributed by atoms with Crippen molar-refractivity contribution in [3.05, 3.63) is 33.8 Å². The Balaban J connectivity index is 1.28. The zero-order valence-corrected chi connectivity index (χ0v) is 16.2. The van der Waals surface area contributed by atoms with Crippen molar-refractivity contribution in [1.29, 1.82) is 0 Å². The van der Waals surface area contributed by atoms with Crippen LogP contribution in [-0.4, -0.2) is 18.4 Å². The highest BCUT2D eigenvalue weighted by atomic mass is 35.5. The third kappa shape index (κ3) is 3.59. The lowest BCUT2D eigenvalue weighted by atomic mass is 9.49. The van der Waals surface area contributed by atoms with Gasteiger partial charge in [-0.3, -0.25) is 9.59 Å². The third-order valence-corrected chi connectivity index (χ3v) is 7.01. The van der Waals surface area contributed by atoms with Gasteiger partial charge in [-0.2, -0.15) is 0 Å². The van der Waals surface area contributed by atoms with Crippen molar-refractivity contribution < 1.29 is 9.59 Å². The van der Waals surface area contributed by atoms with Gasteiger partial charge in [-0.05, 0) is 74.0 Å². The molecular formula is C20H24Cl2N2O2. The van der Waals surface area contributed by atoms with Crippen molar-refractivity contribution in [2.75, 3.05) is 6.54 Å². The van der Waals surface area contributed by atoms with E-state index in [4.69, 9.17) is 23.2 Å². The summed E-state index contributed by atoms with van der Waals surface area (Å²) in [7, 11) is 0. The van der Waals surface area contributed by atoms with Crippen LogP contribution in [0.1, 0.15) is 44.1 Å². The molecule has 0 unspecified atom stereocenters. The predicted molar refractivity (Wildman–Crippen MR) is 102 cm³/mol. The molecule has 4 bridgehead atoms. The fraction of sp³-hybridized carbons (Fsp3) is 0.600. The lowest BCUT2D eigenvalue weighted by Crippen LogP contribution is -2.54. The van der Waals surface area contributed by atoms with Gasteiger partial charge >= 0.3 is 0 Å². The second-order valence-electron chi connectivity index (χ2n) is 8.39. The summed E-state index contributed by atoms with van der Waals surface area (Å²) >= 11 is 12.0. The minimum absolute atomic E-state index is 0.0196. The number of carbonyl (C=O) groups is 2.